The first-order valence-corrected chi connectivity index (χ1v) is 11.4. The van der Waals surface area contributed by atoms with Crippen LogP contribution in [0.3, 0.4) is 0 Å². The highest BCUT2D eigenvalue weighted by Crippen LogP contribution is 2.30. The molecule has 0 bridgehead atoms. The van der Waals surface area contributed by atoms with Crippen LogP contribution in [0.25, 0.3) is 0 Å². The molecule has 0 aliphatic carbocycles. The van der Waals surface area contributed by atoms with Crippen LogP contribution in [0.4, 0.5) is 0 Å². The van der Waals surface area contributed by atoms with Crippen LogP contribution in [0.5, 0.6) is 0 Å². The first-order valence-electron chi connectivity index (χ1n) is 7.70. The van der Waals surface area contributed by atoms with Gasteiger partial charge >= 0.3 is 0 Å². The lowest BCUT2D eigenvalue weighted by Gasteiger charge is -1.97. The van der Waals surface area contributed by atoms with Crippen molar-refractivity contribution in [3.63, 3.8) is 0 Å². The summed E-state index contributed by atoms with van der Waals surface area (Å²) in [5, 5.41) is 14.3. The number of aryl methyl sites for hydroxylation is 1. The average Bonchev–Trinajstić information content (AvgIpc) is 3.28. The van der Waals surface area contributed by atoms with Gasteiger partial charge in [0.2, 0.25) is 0 Å². The summed E-state index contributed by atoms with van der Waals surface area (Å²) in [6.45, 7) is 2.01. The smallest absolute Gasteiger partial charge is 0.250 e. The number of amides is 1. The van der Waals surface area contributed by atoms with E-state index < -0.39 is 0 Å². The third-order valence-electron chi connectivity index (χ3n) is 3.19. The summed E-state index contributed by atoms with van der Waals surface area (Å²) >= 11 is 6.12. The Morgan fingerprint density at radius 1 is 1.19 bits per heavy atom. The third-order valence-corrected chi connectivity index (χ3v) is 7.41. The summed E-state index contributed by atoms with van der Waals surface area (Å²) in [6, 6.07) is 12.3. The molecule has 2 aromatic heterocycles. The van der Waals surface area contributed by atoms with Crippen molar-refractivity contribution in [3.8, 4) is 0 Å². The second-order valence-electron chi connectivity index (χ2n) is 5.16. The molecule has 9 heteroatoms. The van der Waals surface area contributed by atoms with E-state index in [2.05, 4.69) is 32.9 Å². The molecule has 1 aromatic carbocycles. The van der Waals surface area contributed by atoms with Crippen LogP contribution in [0.15, 0.2) is 55.6 Å². The quantitative estimate of drug-likeness (QED) is 0.331. The number of hydrogen-bond acceptors (Lipinski definition) is 8. The Morgan fingerprint density at radius 2 is 1.96 bits per heavy atom. The highest BCUT2D eigenvalue weighted by atomic mass is 32.2. The zero-order valence-corrected chi connectivity index (χ0v) is 17.2. The monoisotopic (exact) mass is 420 g/mol. The van der Waals surface area contributed by atoms with Gasteiger partial charge in [0.25, 0.3) is 5.91 Å². The van der Waals surface area contributed by atoms with Crippen molar-refractivity contribution in [1.82, 2.24) is 15.6 Å². The number of thioether (sulfide) groups is 2. The van der Waals surface area contributed by atoms with Crippen LogP contribution in [0.2, 0.25) is 0 Å². The lowest BCUT2D eigenvalue weighted by molar-refractivity contribution is -0.118. The van der Waals surface area contributed by atoms with Crippen LogP contribution in [-0.4, -0.2) is 28.1 Å². The van der Waals surface area contributed by atoms with E-state index in [1.807, 2.05) is 36.6 Å². The number of carbonyl (C=O) groups is 1. The number of benzene rings is 1. The van der Waals surface area contributed by atoms with Crippen molar-refractivity contribution in [2.75, 3.05) is 5.75 Å². The molecule has 0 unspecified atom stereocenters. The van der Waals surface area contributed by atoms with Crippen molar-refractivity contribution < 1.29 is 4.79 Å². The van der Waals surface area contributed by atoms with Crippen LogP contribution in [-0.2, 0) is 10.5 Å². The molecule has 0 fully saturated rings. The highest BCUT2D eigenvalue weighted by Gasteiger charge is 2.08. The minimum Gasteiger partial charge on any atom is -0.272 e. The standard InChI is InChI=1S/C17H16N4OS4/c1-12-7-8-23-14(12)9-18-19-15(22)11-25-17-21-20-16(26-17)24-10-13-5-3-2-4-6-13/h2-9H,10-11H2,1H3,(H,19,22)/b18-9+. The molecule has 5 nitrogen and oxygen atoms in total. The van der Waals surface area contributed by atoms with Crippen molar-refractivity contribution in [2.24, 2.45) is 5.10 Å². The Morgan fingerprint density at radius 3 is 2.69 bits per heavy atom. The number of rotatable bonds is 8. The summed E-state index contributed by atoms with van der Waals surface area (Å²) in [5.41, 5.74) is 4.94. The largest absolute Gasteiger partial charge is 0.272 e. The van der Waals surface area contributed by atoms with Crippen LogP contribution in [0, 0.1) is 6.92 Å². The predicted octanol–water partition coefficient (Wildman–Crippen LogP) is 4.44. The van der Waals surface area contributed by atoms with E-state index in [1.165, 1.54) is 28.7 Å². The summed E-state index contributed by atoms with van der Waals surface area (Å²) in [6.07, 6.45) is 1.67. The first-order chi connectivity index (χ1) is 12.7. The molecule has 0 saturated heterocycles. The molecular weight excluding hydrogens is 404 g/mol. The SMILES string of the molecule is Cc1ccsc1/C=N/NC(=O)CSc1nnc(SCc2ccccc2)s1. The summed E-state index contributed by atoms with van der Waals surface area (Å²) in [5.74, 6) is 0.963. The molecule has 0 radical (unpaired) electrons. The van der Waals surface area contributed by atoms with Gasteiger partial charge in [0.15, 0.2) is 8.68 Å². The molecule has 0 saturated carbocycles. The third kappa shape index (κ3) is 5.94. The lowest BCUT2D eigenvalue weighted by Crippen LogP contribution is -2.19. The number of carbonyl (C=O) groups excluding carboxylic acids is 1. The normalized spacial score (nSPS) is 11.1. The molecule has 1 N–H and O–H groups in total. The fourth-order valence-electron chi connectivity index (χ4n) is 1.87. The molecule has 0 aliphatic rings. The van der Waals surface area contributed by atoms with Gasteiger partial charge in [-0.3, -0.25) is 4.79 Å². The lowest BCUT2D eigenvalue weighted by atomic mass is 10.2. The van der Waals surface area contributed by atoms with E-state index in [0.29, 0.717) is 0 Å². The number of nitrogens with zero attached hydrogens (tertiary/aromatic N) is 3. The number of hydrazone groups is 1. The molecule has 2 heterocycles. The van der Waals surface area contributed by atoms with Crippen molar-refractivity contribution >= 4 is 58.3 Å². The van der Waals surface area contributed by atoms with E-state index in [1.54, 1.807) is 29.3 Å². The fourth-order valence-corrected chi connectivity index (χ4v) is 5.43. The average molecular weight is 421 g/mol. The Hall–Kier alpha value is -1.68. The maximum Gasteiger partial charge on any atom is 0.250 e. The van der Waals surface area contributed by atoms with Gasteiger partial charge < -0.3 is 0 Å². The fraction of sp³-hybridized carbons (Fsp3) is 0.176. The van der Waals surface area contributed by atoms with Gasteiger partial charge in [0, 0.05) is 10.6 Å². The Balaban J connectivity index is 1.40. The maximum absolute atomic E-state index is 11.9. The summed E-state index contributed by atoms with van der Waals surface area (Å²) in [4.78, 5) is 12.9. The van der Waals surface area contributed by atoms with Gasteiger partial charge in [-0.2, -0.15) is 5.10 Å². The summed E-state index contributed by atoms with van der Waals surface area (Å²) < 4.78 is 1.69. The molecular formula is C17H16N4OS4. The number of nitrogens with one attached hydrogen (secondary N) is 1. The minimum atomic E-state index is -0.158. The van der Waals surface area contributed by atoms with Crippen LogP contribution < -0.4 is 5.43 Å². The number of hydrogen-bond donors (Lipinski definition) is 1. The zero-order chi connectivity index (χ0) is 18.2. The highest BCUT2D eigenvalue weighted by molar-refractivity contribution is 8.03. The predicted molar refractivity (Wildman–Crippen MR) is 111 cm³/mol. The van der Waals surface area contributed by atoms with E-state index in [0.717, 1.165) is 24.9 Å². The van der Waals surface area contributed by atoms with E-state index in [-0.39, 0.29) is 11.7 Å². The Kier molecular flexibility index (Phi) is 7.24. The Bertz CT molecular complexity index is 876. The molecule has 0 atom stereocenters. The van der Waals surface area contributed by atoms with Gasteiger partial charge in [-0.05, 0) is 29.5 Å². The number of thiophene rings is 1. The minimum absolute atomic E-state index is 0.158. The van der Waals surface area contributed by atoms with Crippen molar-refractivity contribution in [2.45, 2.75) is 21.4 Å². The molecule has 3 rings (SSSR count). The van der Waals surface area contributed by atoms with Gasteiger partial charge in [-0.15, -0.1) is 21.5 Å². The topological polar surface area (TPSA) is 67.2 Å². The van der Waals surface area contributed by atoms with Gasteiger partial charge in [0.05, 0.1) is 12.0 Å². The maximum atomic E-state index is 11.9. The molecule has 26 heavy (non-hydrogen) atoms. The van der Waals surface area contributed by atoms with Crippen LogP contribution >= 0.6 is 46.2 Å². The van der Waals surface area contributed by atoms with E-state index >= 15 is 0 Å². The van der Waals surface area contributed by atoms with Gasteiger partial charge in [-0.25, -0.2) is 5.43 Å². The number of aromatic nitrogens is 2. The van der Waals surface area contributed by atoms with E-state index in [9.17, 15) is 4.79 Å². The zero-order valence-electron chi connectivity index (χ0n) is 13.9. The van der Waals surface area contributed by atoms with Crippen molar-refractivity contribution in [3.05, 3.63) is 57.8 Å². The molecule has 134 valence electrons. The Labute approximate surface area is 168 Å². The van der Waals surface area contributed by atoms with E-state index in [4.69, 9.17) is 0 Å². The molecule has 1 amide bonds. The van der Waals surface area contributed by atoms with Gasteiger partial charge in [0.1, 0.15) is 0 Å². The second-order valence-corrected chi connectivity index (χ2v) is 9.53. The van der Waals surface area contributed by atoms with Gasteiger partial charge in [-0.1, -0.05) is 65.2 Å². The molecule has 0 aliphatic heterocycles. The molecule has 3 aromatic rings. The van der Waals surface area contributed by atoms with Crippen LogP contribution in [0.1, 0.15) is 16.0 Å². The summed E-state index contributed by atoms with van der Waals surface area (Å²) in [7, 11) is 0. The molecule has 0 spiro atoms. The van der Waals surface area contributed by atoms with Crippen molar-refractivity contribution in [1.29, 1.82) is 0 Å². The second kappa shape index (κ2) is 9.86. The first kappa shape index (κ1) is 19.1.